The number of amides is 1. The van der Waals surface area contributed by atoms with E-state index in [0.29, 0.717) is 17.1 Å². The summed E-state index contributed by atoms with van der Waals surface area (Å²) in [5.41, 5.74) is 0.652. The number of sulfone groups is 1. The second-order valence-corrected chi connectivity index (χ2v) is 11.4. The molecule has 10 heteroatoms. The minimum Gasteiger partial charge on any atom is -0.458 e. The largest absolute Gasteiger partial charge is 0.458 e. The zero-order valence-corrected chi connectivity index (χ0v) is 20.8. The van der Waals surface area contributed by atoms with E-state index in [2.05, 4.69) is 10.3 Å². The molecule has 0 saturated heterocycles. The molecule has 2 atom stereocenters. The Balaban J connectivity index is 2.03. The van der Waals surface area contributed by atoms with Crippen LogP contribution in [0.2, 0.25) is 0 Å². The van der Waals surface area contributed by atoms with Gasteiger partial charge in [-0.2, -0.15) is 0 Å². The van der Waals surface area contributed by atoms with Gasteiger partial charge in [-0.25, -0.2) is 23.0 Å². The average Bonchev–Trinajstić information content (AvgIpc) is 3.17. The molecule has 1 aromatic heterocycles. The van der Waals surface area contributed by atoms with Crippen LogP contribution in [0.5, 0.6) is 0 Å². The monoisotopic (exact) mass is 482 g/mol. The summed E-state index contributed by atoms with van der Waals surface area (Å²) >= 11 is 1.36. The second kappa shape index (κ2) is 10.4. The van der Waals surface area contributed by atoms with Crippen molar-refractivity contribution in [2.45, 2.75) is 64.2 Å². The Hall–Kier alpha value is -2.46. The summed E-state index contributed by atoms with van der Waals surface area (Å²) in [5, 5.41) is 5.06. The third-order valence-corrected chi connectivity index (χ3v) is 6.65. The van der Waals surface area contributed by atoms with Gasteiger partial charge in [0.05, 0.1) is 10.6 Å². The Kier molecular flexibility index (Phi) is 8.41. The Morgan fingerprint density at radius 2 is 1.81 bits per heavy atom. The molecule has 0 radical (unpaired) electrons. The smallest absolute Gasteiger partial charge is 0.408 e. The fourth-order valence-electron chi connectivity index (χ4n) is 2.69. The molecule has 8 nitrogen and oxygen atoms in total. The van der Waals surface area contributed by atoms with Gasteiger partial charge >= 0.3 is 12.1 Å². The molecule has 0 saturated carbocycles. The summed E-state index contributed by atoms with van der Waals surface area (Å²) in [5.74, 6) is -0.702. The Morgan fingerprint density at radius 1 is 1.19 bits per heavy atom. The lowest BCUT2D eigenvalue weighted by molar-refractivity contribution is -0.149. The minimum absolute atomic E-state index is 0.0420. The van der Waals surface area contributed by atoms with Gasteiger partial charge in [-0.1, -0.05) is 32.4 Å². The molecule has 0 aliphatic carbocycles. The van der Waals surface area contributed by atoms with Crippen molar-refractivity contribution in [3.8, 4) is 10.6 Å². The quantitative estimate of drug-likeness (QED) is 0.561. The van der Waals surface area contributed by atoms with Gasteiger partial charge in [0.15, 0.2) is 9.84 Å². The van der Waals surface area contributed by atoms with E-state index in [-0.39, 0.29) is 17.4 Å². The molecule has 1 heterocycles. The van der Waals surface area contributed by atoms with Gasteiger partial charge in [0, 0.05) is 17.2 Å². The van der Waals surface area contributed by atoms with Crippen LogP contribution >= 0.6 is 11.3 Å². The van der Waals surface area contributed by atoms with E-state index in [1.54, 1.807) is 38.3 Å². The van der Waals surface area contributed by atoms with Gasteiger partial charge in [0.25, 0.3) is 0 Å². The van der Waals surface area contributed by atoms with Crippen LogP contribution < -0.4 is 5.32 Å². The summed E-state index contributed by atoms with van der Waals surface area (Å²) in [6.45, 7) is 8.97. The number of alkyl carbamates (subject to hydrolysis) is 1. The van der Waals surface area contributed by atoms with Gasteiger partial charge < -0.3 is 14.8 Å². The SMILES string of the molecule is CC[C@@H](C)[C@H](NC(=O)OC(C)(C)C)C(=O)OCc1csc(-c2ccc(S(C)(=O)=O)cc2)n1. The van der Waals surface area contributed by atoms with Crippen LogP contribution in [0, 0.1) is 5.92 Å². The van der Waals surface area contributed by atoms with Gasteiger partial charge in [-0.15, -0.1) is 11.3 Å². The first kappa shape index (κ1) is 25.8. The molecule has 32 heavy (non-hydrogen) atoms. The van der Waals surface area contributed by atoms with E-state index < -0.39 is 33.5 Å². The third-order valence-electron chi connectivity index (χ3n) is 4.58. The van der Waals surface area contributed by atoms with E-state index in [9.17, 15) is 18.0 Å². The Morgan fingerprint density at radius 3 is 2.34 bits per heavy atom. The number of ether oxygens (including phenoxy) is 2. The first-order valence-corrected chi connectivity index (χ1v) is 13.0. The summed E-state index contributed by atoms with van der Waals surface area (Å²) in [4.78, 5) is 29.5. The van der Waals surface area contributed by atoms with Crippen LogP contribution in [0.4, 0.5) is 4.79 Å². The second-order valence-electron chi connectivity index (χ2n) is 8.56. The zero-order valence-electron chi connectivity index (χ0n) is 19.2. The predicted octanol–water partition coefficient (Wildman–Crippen LogP) is 4.20. The Bertz CT molecular complexity index is 1040. The highest BCUT2D eigenvalue weighted by atomic mass is 32.2. The zero-order chi connectivity index (χ0) is 24.1. The van der Waals surface area contributed by atoms with Crippen LogP contribution in [0.25, 0.3) is 10.6 Å². The average molecular weight is 483 g/mol. The van der Waals surface area contributed by atoms with Crippen LogP contribution in [-0.2, 0) is 30.7 Å². The topological polar surface area (TPSA) is 112 Å². The number of aromatic nitrogens is 1. The highest BCUT2D eigenvalue weighted by molar-refractivity contribution is 7.90. The molecular formula is C22H30N2O6S2. The maximum absolute atomic E-state index is 12.7. The molecule has 0 fully saturated rings. The van der Waals surface area contributed by atoms with Gasteiger partial charge in [-0.05, 0) is 38.8 Å². The third kappa shape index (κ3) is 7.59. The first-order chi connectivity index (χ1) is 14.8. The maximum Gasteiger partial charge on any atom is 0.408 e. The minimum atomic E-state index is -3.26. The van der Waals surface area contributed by atoms with Crippen molar-refractivity contribution in [2.75, 3.05) is 6.26 Å². The van der Waals surface area contributed by atoms with Crippen LogP contribution in [0.3, 0.4) is 0 Å². The summed E-state index contributed by atoms with van der Waals surface area (Å²) in [7, 11) is -3.26. The molecule has 176 valence electrons. The van der Waals surface area contributed by atoms with Crippen molar-refractivity contribution < 1.29 is 27.5 Å². The van der Waals surface area contributed by atoms with Crippen molar-refractivity contribution in [3.63, 3.8) is 0 Å². The van der Waals surface area contributed by atoms with Crippen molar-refractivity contribution in [2.24, 2.45) is 5.92 Å². The fourth-order valence-corrected chi connectivity index (χ4v) is 4.13. The summed E-state index contributed by atoms with van der Waals surface area (Å²) < 4.78 is 33.9. The van der Waals surface area contributed by atoms with E-state index in [1.165, 1.54) is 23.5 Å². The van der Waals surface area contributed by atoms with E-state index in [1.807, 2.05) is 13.8 Å². The van der Waals surface area contributed by atoms with Crippen molar-refractivity contribution in [1.82, 2.24) is 10.3 Å². The molecule has 0 bridgehead atoms. The van der Waals surface area contributed by atoms with E-state index >= 15 is 0 Å². The lowest BCUT2D eigenvalue weighted by atomic mass is 9.99. The number of carbonyl (C=O) groups is 2. The molecule has 0 aliphatic rings. The Labute approximate surface area is 193 Å². The predicted molar refractivity (Wildman–Crippen MR) is 123 cm³/mol. The number of thiazole rings is 1. The first-order valence-electron chi connectivity index (χ1n) is 10.2. The number of nitrogens with zero attached hydrogens (tertiary/aromatic N) is 1. The fraction of sp³-hybridized carbons (Fsp3) is 0.500. The molecular weight excluding hydrogens is 452 g/mol. The highest BCUT2D eigenvalue weighted by Gasteiger charge is 2.29. The summed E-state index contributed by atoms with van der Waals surface area (Å²) in [6, 6.07) is 5.61. The van der Waals surface area contributed by atoms with Crippen LogP contribution in [0.1, 0.15) is 46.7 Å². The molecule has 0 unspecified atom stereocenters. The molecule has 0 aliphatic heterocycles. The molecule has 2 aromatic rings. The van der Waals surface area contributed by atoms with Crippen molar-refractivity contribution >= 4 is 33.2 Å². The number of hydrogen-bond donors (Lipinski definition) is 1. The maximum atomic E-state index is 12.7. The normalized spacial score (nSPS) is 13.8. The lowest BCUT2D eigenvalue weighted by Gasteiger charge is -2.25. The molecule has 1 amide bonds. The van der Waals surface area contributed by atoms with E-state index in [4.69, 9.17) is 9.47 Å². The number of carbonyl (C=O) groups excluding carboxylic acids is 2. The molecule has 2 rings (SSSR count). The highest BCUT2D eigenvalue weighted by Crippen LogP contribution is 2.25. The van der Waals surface area contributed by atoms with Gasteiger partial charge in [-0.3, -0.25) is 0 Å². The number of hydrogen-bond acceptors (Lipinski definition) is 8. The van der Waals surface area contributed by atoms with E-state index in [0.717, 1.165) is 11.8 Å². The molecule has 0 spiro atoms. The number of benzene rings is 1. The summed E-state index contributed by atoms with van der Waals surface area (Å²) in [6.07, 6.45) is 1.15. The van der Waals surface area contributed by atoms with Crippen LogP contribution in [0.15, 0.2) is 34.5 Å². The number of esters is 1. The van der Waals surface area contributed by atoms with Crippen molar-refractivity contribution in [3.05, 3.63) is 35.3 Å². The van der Waals surface area contributed by atoms with Gasteiger partial charge in [0.2, 0.25) is 0 Å². The molecule has 1 aromatic carbocycles. The van der Waals surface area contributed by atoms with Crippen LogP contribution in [-0.4, -0.2) is 43.4 Å². The lowest BCUT2D eigenvalue weighted by Crippen LogP contribution is -2.47. The standard InChI is InChI=1S/C22H30N2O6S2/c1-7-14(2)18(24-21(26)30-22(3,4)5)20(25)29-12-16-13-31-19(23-16)15-8-10-17(11-9-15)32(6,27)28/h8-11,13-14,18H,7,12H2,1-6H3,(H,24,26)/t14-,18+/m1/s1. The van der Waals surface area contributed by atoms with Crippen molar-refractivity contribution in [1.29, 1.82) is 0 Å². The van der Waals surface area contributed by atoms with Gasteiger partial charge in [0.1, 0.15) is 23.3 Å². The molecule has 1 N–H and O–H groups in total. The number of nitrogens with one attached hydrogen (secondary N) is 1. The number of rotatable bonds is 8.